The fraction of sp³-hybridized carbons (Fsp3) is 0.345. The largest absolute Gasteiger partial charge is 0.311 e. The van der Waals surface area contributed by atoms with Crippen molar-refractivity contribution >= 4 is 56.6 Å². The molecule has 3 aromatic carbocycles. The van der Waals surface area contributed by atoms with Crippen molar-refractivity contribution in [1.29, 1.82) is 0 Å². The third kappa shape index (κ3) is 2.73. The topological polar surface area (TPSA) is 46.1 Å². The first-order chi connectivity index (χ1) is 16.7. The Morgan fingerprint density at radius 1 is 0.914 bits per heavy atom. The molecule has 2 unspecified atom stereocenters. The van der Waals surface area contributed by atoms with Gasteiger partial charge in [-0.05, 0) is 48.8 Å². The highest BCUT2D eigenvalue weighted by atomic mass is 35.5. The van der Waals surface area contributed by atoms with Crippen molar-refractivity contribution in [3.8, 4) is 0 Å². The third-order valence-corrected chi connectivity index (χ3v) is 9.79. The summed E-state index contributed by atoms with van der Waals surface area (Å²) >= 11 is 12.6. The molecule has 1 heterocycles. The Morgan fingerprint density at radius 2 is 1.54 bits per heavy atom. The van der Waals surface area contributed by atoms with Crippen molar-refractivity contribution in [2.24, 2.45) is 5.41 Å². The van der Waals surface area contributed by atoms with E-state index in [9.17, 15) is 4.79 Å². The highest BCUT2D eigenvalue weighted by molar-refractivity contribution is 6.42. The first kappa shape index (κ1) is 22.8. The summed E-state index contributed by atoms with van der Waals surface area (Å²) in [6.07, 6.45) is 1.62. The van der Waals surface area contributed by atoms with E-state index in [4.69, 9.17) is 33.2 Å². The molecule has 2 atom stereocenters. The van der Waals surface area contributed by atoms with Gasteiger partial charge in [-0.2, -0.15) is 0 Å². The quantitative estimate of drug-likeness (QED) is 0.291. The number of hydrogen-bond acceptors (Lipinski definition) is 3. The van der Waals surface area contributed by atoms with Crippen LogP contribution in [0, 0.1) is 5.41 Å². The van der Waals surface area contributed by atoms with Crippen molar-refractivity contribution < 1.29 is 4.79 Å². The zero-order valence-electron chi connectivity index (χ0n) is 20.3. The van der Waals surface area contributed by atoms with Crippen molar-refractivity contribution in [2.75, 3.05) is 11.4 Å². The van der Waals surface area contributed by atoms with Gasteiger partial charge in [-0.25, -0.2) is 9.97 Å². The van der Waals surface area contributed by atoms with E-state index in [0.717, 1.165) is 40.7 Å². The first-order valence-corrected chi connectivity index (χ1v) is 12.9. The SMILES string of the molecule is CCN(C(=O)C12CCC(C)(c3nc4cc(Cl)c(Cl)cc4nc31)C2(C)C)c1cccc2ccccc12. The normalized spacial score (nSPS) is 24.2. The fourth-order valence-corrected chi connectivity index (χ4v) is 6.99. The van der Waals surface area contributed by atoms with Crippen LogP contribution < -0.4 is 4.90 Å². The van der Waals surface area contributed by atoms with E-state index in [-0.39, 0.29) is 16.7 Å². The van der Waals surface area contributed by atoms with Crippen molar-refractivity contribution in [1.82, 2.24) is 9.97 Å². The zero-order chi connectivity index (χ0) is 24.8. The molecular weight excluding hydrogens is 477 g/mol. The first-order valence-electron chi connectivity index (χ1n) is 12.1. The lowest BCUT2D eigenvalue weighted by Crippen LogP contribution is -2.53. The summed E-state index contributed by atoms with van der Waals surface area (Å²) in [5.74, 6) is 0.0949. The van der Waals surface area contributed by atoms with Crippen LogP contribution in [0.2, 0.25) is 10.0 Å². The number of amides is 1. The number of benzene rings is 3. The van der Waals surface area contributed by atoms with Crippen molar-refractivity contribution in [3.05, 3.63) is 76.0 Å². The van der Waals surface area contributed by atoms with E-state index < -0.39 is 5.41 Å². The second-order valence-corrected chi connectivity index (χ2v) is 11.4. The van der Waals surface area contributed by atoms with E-state index in [1.54, 1.807) is 12.1 Å². The molecule has 178 valence electrons. The molecule has 4 nitrogen and oxygen atoms in total. The maximum atomic E-state index is 14.8. The van der Waals surface area contributed by atoms with Crippen LogP contribution in [0.5, 0.6) is 0 Å². The second kappa shape index (κ2) is 7.41. The van der Waals surface area contributed by atoms with Gasteiger partial charge in [-0.15, -0.1) is 0 Å². The molecule has 0 radical (unpaired) electrons. The predicted molar refractivity (Wildman–Crippen MR) is 144 cm³/mol. The van der Waals surface area contributed by atoms with Crippen molar-refractivity contribution in [3.63, 3.8) is 0 Å². The molecule has 0 spiro atoms. The van der Waals surface area contributed by atoms with E-state index in [1.165, 1.54) is 0 Å². The minimum absolute atomic E-state index is 0.0949. The molecule has 2 aliphatic rings. The molecule has 2 bridgehead atoms. The Bertz CT molecular complexity index is 1540. The Labute approximate surface area is 215 Å². The molecule has 2 aliphatic carbocycles. The van der Waals surface area contributed by atoms with Gasteiger partial charge in [0.05, 0.1) is 43.6 Å². The predicted octanol–water partition coefficient (Wildman–Crippen LogP) is 7.47. The number of fused-ring (bicyclic) bond motifs is 7. The Balaban J connectivity index is 1.60. The average Bonchev–Trinajstić information content (AvgIpc) is 3.14. The number of nitrogens with zero attached hydrogens (tertiary/aromatic N) is 3. The Kier molecular flexibility index (Phi) is 4.82. The molecule has 4 aromatic rings. The maximum absolute atomic E-state index is 14.8. The van der Waals surface area contributed by atoms with Gasteiger partial charge in [0, 0.05) is 17.3 Å². The van der Waals surface area contributed by atoms with Crippen LogP contribution in [0.25, 0.3) is 21.8 Å². The van der Waals surface area contributed by atoms with Gasteiger partial charge in [0.2, 0.25) is 5.91 Å². The number of anilines is 1. The van der Waals surface area contributed by atoms with Gasteiger partial charge in [-0.3, -0.25) is 4.79 Å². The summed E-state index contributed by atoms with van der Waals surface area (Å²) in [4.78, 5) is 26.9. The number of rotatable bonds is 3. The second-order valence-electron chi connectivity index (χ2n) is 10.6. The van der Waals surface area contributed by atoms with Gasteiger partial charge in [0.1, 0.15) is 0 Å². The summed E-state index contributed by atoms with van der Waals surface area (Å²) < 4.78 is 0. The van der Waals surface area contributed by atoms with Crippen LogP contribution in [-0.4, -0.2) is 22.4 Å². The number of aromatic nitrogens is 2. The number of halogens is 2. The molecule has 35 heavy (non-hydrogen) atoms. The standard InChI is InChI=1S/C29H27Cl2N3O/c1-5-34(23-12-8-10-17-9-6-7-11-18(17)23)26(35)29-14-13-28(4,27(29,2)3)24-25(29)33-22-16-20(31)19(30)15-21(22)32-24/h6-12,15-16H,5,13-14H2,1-4H3. The molecule has 1 amide bonds. The average molecular weight is 504 g/mol. The van der Waals surface area contributed by atoms with Gasteiger partial charge < -0.3 is 4.90 Å². The monoisotopic (exact) mass is 503 g/mol. The van der Waals surface area contributed by atoms with Gasteiger partial charge in [-0.1, -0.05) is 80.4 Å². The lowest BCUT2D eigenvalue weighted by atomic mass is 9.63. The minimum atomic E-state index is -0.780. The molecule has 1 aromatic heterocycles. The molecule has 0 aliphatic heterocycles. The number of carbonyl (C=O) groups excluding carboxylic acids is 1. The minimum Gasteiger partial charge on any atom is -0.311 e. The van der Waals surface area contributed by atoms with Crippen LogP contribution >= 0.6 is 23.2 Å². The summed E-state index contributed by atoms with van der Waals surface area (Å²) in [7, 11) is 0. The van der Waals surface area contributed by atoms with Gasteiger partial charge in [0.25, 0.3) is 0 Å². The molecule has 6 heteroatoms. The van der Waals surface area contributed by atoms with Crippen LogP contribution in [-0.2, 0) is 15.6 Å². The van der Waals surface area contributed by atoms with Gasteiger partial charge >= 0.3 is 0 Å². The number of likely N-dealkylation sites (N-methyl/N-ethyl adjacent to an activating group) is 1. The third-order valence-electron chi connectivity index (χ3n) is 9.06. The van der Waals surface area contributed by atoms with Crippen LogP contribution in [0.1, 0.15) is 51.9 Å². The lowest BCUT2D eigenvalue weighted by Gasteiger charge is -2.42. The van der Waals surface area contributed by atoms with Crippen molar-refractivity contribution in [2.45, 2.75) is 51.4 Å². The fourth-order valence-electron chi connectivity index (χ4n) is 6.67. The highest BCUT2D eigenvalue weighted by Gasteiger charge is 2.73. The van der Waals surface area contributed by atoms with Gasteiger partial charge in [0.15, 0.2) is 0 Å². The van der Waals surface area contributed by atoms with E-state index >= 15 is 0 Å². The van der Waals surface area contributed by atoms with Crippen LogP contribution in [0.15, 0.2) is 54.6 Å². The molecule has 1 fully saturated rings. The lowest BCUT2D eigenvalue weighted by molar-refractivity contribution is -0.127. The van der Waals surface area contributed by atoms with E-state index in [2.05, 4.69) is 39.0 Å². The van der Waals surface area contributed by atoms with E-state index in [1.807, 2.05) is 36.1 Å². The molecular formula is C29H27Cl2N3O. The van der Waals surface area contributed by atoms with Crippen LogP contribution in [0.4, 0.5) is 5.69 Å². The Hall–Kier alpha value is -2.69. The van der Waals surface area contributed by atoms with Crippen LogP contribution in [0.3, 0.4) is 0 Å². The summed E-state index contributed by atoms with van der Waals surface area (Å²) in [6, 6.07) is 17.9. The molecule has 1 saturated carbocycles. The molecule has 0 N–H and O–H groups in total. The highest BCUT2D eigenvalue weighted by Crippen LogP contribution is 2.70. The molecule has 0 saturated heterocycles. The number of carbonyl (C=O) groups is 1. The zero-order valence-corrected chi connectivity index (χ0v) is 21.8. The summed E-state index contributed by atoms with van der Waals surface area (Å²) in [6.45, 7) is 9.27. The smallest absolute Gasteiger partial charge is 0.239 e. The summed E-state index contributed by atoms with van der Waals surface area (Å²) in [5.41, 5.74) is 2.61. The maximum Gasteiger partial charge on any atom is 0.239 e. The van der Waals surface area contributed by atoms with E-state index in [0.29, 0.717) is 27.6 Å². The summed E-state index contributed by atoms with van der Waals surface area (Å²) in [5, 5.41) is 3.09. The number of hydrogen-bond donors (Lipinski definition) is 0. The Morgan fingerprint density at radius 3 is 2.23 bits per heavy atom. The molecule has 6 rings (SSSR count).